The van der Waals surface area contributed by atoms with Crippen LogP contribution in [0.2, 0.25) is 0 Å². The van der Waals surface area contributed by atoms with Crippen molar-refractivity contribution in [3.05, 3.63) is 76.3 Å². The number of nitrogens with zero attached hydrogens (tertiary/aromatic N) is 2. The molecule has 0 saturated heterocycles. The molecule has 6 heteroatoms. The SMILES string of the molecule is O=[N+]([O-])c1ccc2nc(N[C@@H](CCO)c3ccccc3)ccc2c1. The molecule has 0 aliphatic carbocycles. The molecular formula is C18H17N3O3. The van der Waals surface area contributed by atoms with Gasteiger partial charge >= 0.3 is 0 Å². The van der Waals surface area contributed by atoms with Crippen molar-refractivity contribution in [3.8, 4) is 0 Å². The van der Waals surface area contributed by atoms with Gasteiger partial charge in [0.05, 0.1) is 16.5 Å². The topological polar surface area (TPSA) is 88.3 Å². The van der Waals surface area contributed by atoms with E-state index in [9.17, 15) is 15.2 Å². The van der Waals surface area contributed by atoms with Crippen molar-refractivity contribution >= 4 is 22.4 Å². The molecule has 0 fully saturated rings. The average molecular weight is 323 g/mol. The number of nitro benzene ring substituents is 1. The zero-order chi connectivity index (χ0) is 16.9. The highest BCUT2D eigenvalue weighted by Gasteiger charge is 2.12. The van der Waals surface area contributed by atoms with Gasteiger partial charge in [0.1, 0.15) is 5.82 Å². The Morgan fingerprint density at radius 1 is 1.12 bits per heavy atom. The number of aliphatic hydroxyl groups excluding tert-OH is 1. The molecule has 1 atom stereocenters. The molecule has 3 aromatic rings. The summed E-state index contributed by atoms with van der Waals surface area (Å²) in [6.45, 7) is 0.0618. The summed E-state index contributed by atoms with van der Waals surface area (Å²) in [6, 6.07) is 18.0. The van der Waals surface area contributed by atoms with Gasteiger partial charge in [0.15, 0.2) is 0 Å². The van der Waals surface area contributed by atoms with E-state index in [4.69, 9.17) is 0 Å². The predicted molar refractivity (Wildman–Crippen MR) is 92.9 cm³/mol. The Balaban J connectivity index is 1.88. The Hall–Kier alpha value is -2.99. The summed E-state index contributed by atoms with van der Waals surface area (Å²) in [4.78, 5) is 14.9. The Labute approximate surface area is 138 Å². The van der Waals surface area contributed by atoms with Gasteiger partial charge in [0.2, 0.25) is 0 Å². The highest BCUT2D eigenvalue weighted by molar-refractivity contribution is 5.82. The lowest BCUT2D eigenvalue weighted by Gasteiger charge is -2.19. The van der Waals surface area contributed by atoms with Gasteiger partial charge in [-0.3, -0.25) is 10.1 Å². The lowest BCUT2D eigenvalue weighted by Crippen LogP contribution is -2.13. The van der Waals surface area contributed by atoms with Crippen LogP contribution < -0.4 is 5.32 Å². The van der Waals surface area contributed by atoms with Crippen molar-refractivity contribution < 1.29 is 10.0 Å². The van der Waals surface area contributed by atoms with Gasteiger partial charge < -0.3 is 10.4 Å². The number of nitro groups is 1. The standard InChI is InChI=1S/C18H17N3O3/c22-11-10-17(13-4-2-1-3-5-13)20-18-9-6-14-12-15(21(23)24)7-8-16(14)19-18/h1-9,12,17,22H,10-11H2,(H,19,20)/t17-/m0/s1. The van der Waals surface area contributed by atoms with Crippen LogP contribution in [0.1, 0.15) is 18.0 Å². The van der Waals surface area contributed by atoms with E-state index in [0.29, 0.717) is 23.1 Å². The molecule has 0 radical (unpaired) electrons. The monoisotopic (exact) mass is 323 g/mol. The molecular weight excluding hydrogens is 306 g/mol. The molecule has 6 nitrogen and oxygen atoms in total. The number of nitrogens with one attached hydrogen (secondary N) is 1. The van der Waals surface area contributed by atoms with Gasteiger partial charge in [-0.1, -0.05) is 30.3 Å². The Morgan fingerprint density at radius 2 is 1.92 bits per heavy atom. The second-order valence-corrected chi connectivity index (χ2v) is 5.45. The Bertz CT molecular complexity index is 853. The fourth-order valence-electron chi connectivity index (χ4n) is 2.62. The molecule has 0 amide bonds. The minimum Gasteiger partial charge on any atom is -0.396 e. The van der Waals surface area contributed by atoms with Crippen molar-refractivity contribution in [1.29, 1.82) is 0 Å². The second-order valence-electron chi connectivity index (χ2n) is 5.45. The minimum atomic E-state index is -0.418. The number of benzene rings is 2. The van der Waals surface area contributed by atoms with E-state index < -0.39 is 4.92 Å². The number of hydrogen-bond acceptors (Lipinski definition) is 5. The fraction of sp³-hybridized carbons (Fsp3) is 0.167. The van der Waals surface area contributed by atoms with Crippen molar-refractivity contribution in [2.45, 2.75) is 12.5 Å². The molecule has 122 valence electrons. The summed E-state index contributed by atoms with van der Waals surface area (Å²) in [6.07, 6.45) is 0.560. The molecule has 0 aliphatic rings. The van der Waals surface area contributed by atoms with Crippen LogP contribution >= 0.6 is 0 Å². The molecule has 2 N–H and O–H groups in total. The summed E-state index contributed by atoms with van der Waals surface area (Å²) in [5, 5.41) is 24.2. The first-order valence-corrected chi connectivity index (χ1v) is 7.65. The van der Waals surface area contributed by atoms with Crippen LogP contribution in [0.4, 0.5) is 11.5 Å². The van der Waals surface area contributed by atoms with Crippen LogP contribution in [0.15, 0.2) is 60.7 Å². The van der Waals surface area contributed by atoms with Crippen molar-refractivity contribution in [2.24, 2.45) is 0 Å². The lowest BCUT2D eigenvalue weighted by atomic mass is 10.0. The van der Waals surface area contributed by atoms with Gasteiger partial charge in [-0.2, -0.15) is 0 Å². The Morgan fingerprint density at radius 3 is 2.62 bits per heavy atom. The second kappa shape index (κ2) is 7.06. The highest BCUT2D eigenvalue weighted by Crippen LogP contribution is 2.25. The molecule has 24 heavy (non-hydrogen) atoms. The molecule has 2 aromatic carbocycles. The maximum Gasteiger partial charge on any atom is 0.270 e. The normalized spacial score (nSPS) is 12.0. The summed E-state index contributed by atoms with van der Waals surface area (Å²) >= 11 is 0. The van der Waals surface area contributed by atoms with E-state index in [1.54, 1.807) is 18.2 Å². The van der Waals surface area contributed by atoms with E-state index in [-0.39, 0.29) is 18.3 Å². The van der Waals surface area contributed by atoms with E-state index in [1.165, 1.54) is 12.1 Å². The van der Waals surface area contributed by atoms with Crippen LogP contribution in [0.3, 0.4) is 0 Å². The number of hydrogen-bond donors (Lipinski definition) is 2. The molecule has 1 aromatic heterocycles. The summed E-state index contributed by atoms with van der Waals surface area (Å²) < 4.78 is 0. The first-order valence-electron chi connectivity index (χ1n) is 7.65. The number of fused-ring (bicyclic) bond motifs is 1. The van der Waals surface area contributed by atoms with E-state index in [1.807, 2.05) is 30.3 Å². The predicted octanol–water partition coefficient (Wildman–Crippen LogP) is 3.68. The molecule has 1 heterocycles. The number of anilines is 1. The minimum absolute atomic E-state index is 0.0486. The maximum atomic E-state index is 10.8. The highest BCUT2D eigenvalue weighted by atomic mass is 16.6. The van der Waals surface area contributed by atoms with Gasteiger partial charge in [0.25, 0.3) is 5.69 Å². The number of aromatic nitrogens is 1. The van der Waals surface area contributed by atoms with E-state index >= 15 is 0 Å². The molecule has 0 bridgehead atoms. The molecule has 3 rings (SSSR count). The summed E-state index contributed by atoms with van der Waals surface area (Å²) in [5.74, 6) is 0.665. The Kier molecular flexibility index (Phi) is 4.67. The first-order chi connectivity index (χ1) is 11.7. The zero-order valence-electron chi connectivity index (χ0n) is 12.9. The van der Waals surface area contributed by atoms with E-state index in [2.05, 4.69) is 10.3 Å². The van der Waals surface area contributed by atoms with Crippen LogP contribution in [-0.2, 0) is 0 Å². The third kappa shape index (κ3) is 3.49. The number of non-ortho nitro benzene ring substituents is 1. The molecule has 0 saturated carbocycles. The number of rotatable bonds is 6. The maximum absolute atomic E-state index is 10.8. The van der Waals surface area contributed by atoms with Gasteiger partial charge in [0, 0.05) is 24.1 Å². The number of pyridine rings is 1. The average Bonchev–Trinajstić information content (AvgIpc) is 2.61. The number of aliphatic hydroxyl groups is 1. The first kappa shape index (κ1) is 15.9. The fourth-order valence-corrected chi connectivity index (χ4v) is 2.62. The third-order valence-electron chi connectivity index (χ3n) is 3.83. The molecule has 0 unspecified atom stereocenters. The third-order valence-corrected chi connectivity index (χ3v) is 3.83. The summed E-state index contributed by atoms with van der Waals surface area (Å²) in [5.41, 5.74) is 1.80. The van der Waals surface area contributed by atoms with Crippen molar-refractivity contribution in [2.75, 3.05) is 11.9 Å². The van der Waals surface area contributed by atoms with Crippen LogP contribution in [0.25, 0.3) is 10.9 Å². The van der Waals surface area contributed by atoms with Gasteiger partial charge in [-0.25, -0.2) is 4.98 Å². The van der Waals surface area contributed by atoms with Gasteiger partial charge in [-0.05, 0) is 30.2 Å². The molecule has 0 spiro atoms. The summed E-state index contributed by atoms with van der Waals surface area (Å²) in [7, 11) is 0. The van der Waals surface area contributed by atoms with Crippen LogP contribution in [0, 0.1) is 10.1 Å². The van der Waals surface area contributed by atoms with Crippen LogP contribution in [-0.4, -0.2) is 21.6 Å². The largest absolute Gasteiger partial charge is 0.396 e. The smallest absolute Gasteiger partial charge is 0.270 e. The lowest BCUT2D eigenvalue weighted by molar-refractivity contribution is -0.384. The molecule has 0 aliphatic heterocycles. The zero-order valence-corrected chi connectivity index (χ0v) is 12.9. The van der Waals surface area contributed by atoms with Gasteiger partial charge in [-0.15, -0.1) is 0 Å². The quantitative estimate of drug-likeness (QED) is 0.533. The van der Waals surface area contributed by atoms with Crippen molar-refractivity contribution in [1.82, 2.24) is 4.98 Å². The van der Waals surface area contributed by atoms with E-state index in [0.717, 1.165) is 5.56 Å². The van der Waals surface area contributed by atoms with Crippen LogP contribution in [0.5, 0.6) is 0 Å². The van der Waals surface area contributed by atoms with Crippen molar-refractivity contribution in [3.63, 3.8) is 0 Å².